The van der Waals surface area contributed by atoms with E-state index in [4.69, 9.17) is 11.5 Å². The molecule has 0 spiro atoms. The highest BCUT2D eigenvalue weighted by Gasteiger charge is 2.38. The van der Waals surface area contributed by atoms with E-state index in [2.05, 4.69) is 21.2 Å². The fourth-order valence-electron chi connectivity index (χ4n) is 1.87. The molecule has 1 unspecified atom stereocenters. The second-order valence-electron chi connectivity index (χ2n) is 3.60. The van der Waals surface area contributed by atoms with E-state index in [0.29, 0.717) is 11.9 Å². The molecule has 2 rings (SSSR count). The minimum absolute atomic E-state index is 0.349. The minimum atomic E-state index is -0.702. The van der Waals surface area contributed by atoms with Crippen LogP contribution in [0.3, 0.4) is 0 Å². The topological polar surface area (TPSA) is 100 Å². The molecule has 2 aliphatic heterocycles. The quantitative estimate of drug-likeness (QED) is 0.325. The summed E-state index contributed by atoms with van der Waals surface area (Å²) in [4.78, 5) is 4.17. The van der Waals surface area contributed by atoms with Gasteiger partial charge in [-0.1, -0.05) is 0 Å². The second kappa shape index (κ2) is 3.13. The van der Waals surface area contributed by atoms with Crippen molar-refractivity contribution in [2.24, 2.45) is 22.4 Å². The summed E-state index contributed by atoms with van der Waals surface area (Å²) in [6, 6.07) is 0. The van der Waals surface area contributed by atoms with Gasteiger partial charge in [0, 0.05) is 5.92 Å². The Bertz CT molecular complexity index is 221. The van der Waals surface area contributed by atoms with Crippen LogP contribution in [0.5, 0.6) is 0 Å². The van der Waals surface area contributed by atoms with Gasteiger partial charge in [0.1, 0.15) is 0 Å². The van der Waals surface area contributed by atoms with Gasteiger partial charge in [0.2, 0.25) is 5.96 Å². The molecule has 13 heavy (non-hydrogen) atoms. The van der Waals surface area contributed by atoms with Gasteiger partial charge in [0.05, 0.1) is 0 Å². The minimum Gasteiger partial charge on any atom is -0.369 e. The van der Waals surface area contributed by atoms with Crippen LogP contribution >= 0.6 is 0 Å². The first-order valence-electron chi connectivity index (χ1n) is 4.59. The monoisotopic (exact) mass is 184 g/mol. The van der Waals surface area contributed by atoms with Gasteiger partial charge in [-0.2, -0.15) is 5.43 Å². The molecule has 0 amide bonds. The van der Waals surface area contributed by atoms with Crippen molar-refractivity contribution in [2.45, 2.75) is 18.6 Å². The number of rotatable bonds is 1. The van der Waals surface area contributed by atoms with Gasteiger partial charge in [-0.05, 0) is 25.9 Å². The van der Waals surface area contributed by atoms with Crippen LogP contribution in [0.1, 0.15) is 12.8 Å². The molecule has 0 aromatic rings. The first-order valence-corrected chi connectivity index (χ1v) is 4.59. The summed E-state index contributed by atoms with van der Waals surface area (Å²) in [7, 11) is 0. The van der Waals surface area contributed by atoms with Crippen molar-refractivity contribution in [1.82, 2.24) is 16.2 Å². The third-order valence-corrected chi connectivity index (χ3v) is 2.66. The van der Waals surface area contributed by atoms with Crippen LogP contribution in [-0.2, 0) is 0 Å². The van der Waals surface area contributed by atoms with Crippen LogP contribution < -0.4 is 27.6 Å². The predicted octanol–water partition coefficient (Wildman–Crippen LogP) is -1.98. The summed E-state index contributed by atoms with van der Waals surface area (Å²) >= 11 is 0. The highest BCUT2D eigenvalue weighted by atomic mass is 15.6. The molecule has 6 nitrogen and oxygen atoms in total. The summed E-state index contributed by atoms with van der Waals surface area (Å²) in [5, 5.41) is 3.28. The van der Waals surface area contributed by atoms with Gasteiger partial charge in [0.15, 0.2) is 5.79 Å². The third-order valence-electron chi connectivity index (χ3n) is 2.66. The second-order valence-corrected chi connectivity index (χ2v) is 3.60. The summed E-state index contributed by atoms with van der Waals surface area (Å²) in [5.74, 6) is 0.0231. The van der Waals surface area contributed by atoms with E-state index < -0.39 is 5.79 Å². The van der Waals surface area contributed by atoms with E-state index in [-0.39, 0.29) is 0 Å². The van der Waals surface area contributed by atoms with Gasteiger partial charge in [-0.25, -0.2) is 4.99 Å². The highest BCUT2D eigenvalue weighted by Crippen LogP contribution is 2.23. The van der Waals surface area contributed by atoms with Crippen LogP contribution in [0.25, 0.3) is 0 Å². The lowest BCUT2D eigenvalue weighted by molar-refractivity contribution is 0.186. The van der Waals surface area contributed by atoms with Gasteiger partial charge < -0.3 is 11.1 Å². The SMILES string of the molecule is NC1=NC(N)(C2CCNCC2)NN1. The number of aliphatic imine (C=N–C) groups is 1. The number of hydrogen-bond acceptors (Lipinski definition) is 6. The molecule has 1 saturated heterocycles. The molecule has 6 heteroatoms. The number of nitrogens with zero attached hydrogens (tertiary/aromatic N) is 1. The van der Waals surface area contributed by atoms with Crippen molar-refractivity contribution in [3.8, 4) is 0 Å². The van der Waals surface area contributed by atoms with Crippen molar-refractivity contribution >= 4 is 5.96 Å². The van der Waals surface area contributed by atoms with E-state index >= 15 is 0 Å². The molecule has 1 fully saturated rings. The Labute approximate surface area is 77.1 Å². The number of nitrogens with two attached hydrogens (primary N) is 2. The van der Waals surface area contributed by atoms with Gasteiger partial charge in [-0.3, -0.25) is 11.2 Å². The van der Waals surface area contributed by atoms with Crippen LogP contribution in [-0.4, -0.2) is 24.8 Å². The van der Waals surface area contributed by atoms with Crippen molar-refractivity contribution in [2.75, 3.05) is 13.1 Å². The van der Waals surface area contributed by atoms with Gasteiger partial charge >= 0.3 is 0 Å². The lowest BCUT2D eigenvalue weighted by Crippen LogP contribution is -2.59. The average Bonchev–Trinajstić information content (AvgIpc) is 2.49. The molecule has 1 atom stereocenters. The molecular weight excluding hydrogens is 168 g/mol. The van der Waals surface area contributed by atoms with Crippen molar-refractivity contribution in [3.63, 3.8) is 0 Å². The molecule has 2 aliphatic rings. The maximum absolute atomic E-state index is 6.06. The number of piperidine rings is 1. The zero-order chi connectivity index (χ0) is 9.31. The molecular formula is C7H16N6. The number of hydrazine groups is 1. The lowest BCUT2D eigenvalue weighted by atomic mass is 9.91. The van der Waals surface area contributed by atoms with E-state index in [1.165, 1.54) is 0 Å². The van der Waals surface area contributed by atoms with Crippen LogP contribution in [0.15, 0.2) is 4.99 Å². The maximum Gasteiger partial charge on any atom is 0.206 e. The Hall–Kier alpha value is -0.850. The molecule has 0 saturated carbocycles. The first-order chi connectivity index (χ1) is 6.21. The summed E-state index contributed by atoms with van der Waals surface area (Å²) in [5.41, 5.74) is 17.2. The standard InChI is InChI=1S/C7H16N6/c8-6-11-7(9,13-12-6)5-1-3-10-4-2-5/h5,10,13H,1-4,9H2,(H3,8,11,12). The first kappa shape index (κ1) is 8.74. The zero-order valence-electron chi connectivity index (χ0n) is 7.51. The molecule has 74 valence electrons. The molecule has 0 aliphatic carbocycles. The predicted molar refractivity (Wildman–Crippen MR) is 50.4 cm³/mol. The fraction of sp³-hybridized carbons (Fsp3) is 0.857. The Morgan fingerprint density at radius 2 is 2.08 bits per heavy atom. The highest BCUT2D eigenvalue weighted by molar-refractivity contribution is 5.79. The molecule has 2 heterocycles. The Morgan fingerprint density at radius 3 is 2.62 bits per heavy atom. The Kier molecular flexibility index (Phi) is 2.10. The van der Waals surface area contributed by atoms with E-state index in [9.17, 15) is 0 Å². The largest absolute Gasteiger partial charge is 0.369 e. The normalized spacial score (nSPS) is 35.6. The van der Waals surface area contributed by atoms with Crippen LogP contribution in [0.4, 0.5) is 0 Å². The van der Waals surface area contributed by atoms with Gasteiger partial charge in [0.25, 0.3) is 0 Å². The van der Waals surface area contributed by atoms with Crippen molar-refractivity contribution in [3.05, 3.63) is 0 Å². The Balaban J connectivity index is 2.05. The number of guanidine groups is 1. The summed E-state index contributed by atoms with van der Waals surface area (Å²) in [6.45, 7) is 2.00. The molecule has 0 radical (unpaired) electrons. The van der Waals surface area contributed by atoms with Crippen molar-refractivity contribution in [1.29, 1.82) is 0 Å². The molecule has 0 aromatic carbocycles. The fourth-order valence-corrected chi connectivity index (χ4v) is 1.87. The smallest absolute Gasteiger partial charge is 0.206 e. The average molecular weight is 184 g/mol. The van der Waals surface area contributed by atoms with Crippen LogP contribution in [0.2, 0.25) is 0 Å². The van der Waals surface area contributed by atoms with E-state index in [0.717, 1.165) is 25.9 Å². The third kappa shape index (κ3) is 1.60. The van der Waals surface area contributed by atoms with Crippen molar-refractivity contribution < 1.29 is 0 Å². The molecule has 0 bridgehead atoms. The summed E-state index contributed by atoms with van der Waals surface area (Å²) < 4.78 is 0. The Morgan fingerprint density at radius 1 is 1.38 bits per heavy atom. The zero-order valence-corrected chi connectivity index (χ0v) is 7.51. The molecule has 7 N–H and O–H groups in total. The summed E-state index contributed by atoms with van der Waals surface area (Å²) in [6.07, 6.45) is 2.06. The van der Waals surface area contributed by atoms with Gasteiger partial charge in [-0.15, -0.1) is 0 Å². The lowest BCUT2D eigenvalue weighted by Gasteiger charge is -2.33. The van der Waals surface area contributed by atoms with E-state index in [1.54, 1.807) is 0 Å². The number of hydrogen-bond donors (Lipinski definition) is 5. The van der Waals surface area contributed by atoms with Crippen LogP contribution in [0, 0.1) is 5.92 Å². The molecule has 0 aromatic heterocycles. The van der Waals surface area contributed by atoms with E-state index in [1.807, 2.05) is 0 Å². The number of nitrogens with one attached hydrogen (secondary N) is 3. The maximum atomic E-state index is 6.06.